The number of nitrogens with one attached hydrogen (secondary N) is 1. The number of ether oxygens (including phenoxy) is 2. The van der Waals surface area contributed by atoms with Gasteiger partial charge < -0.3 is 14.8 Å². The lowest BCUT2D eigenvalue weighted by atomic mass is 10.1. The smallest absolute Gasteiger partial charge is 0.123 e. The van der Waals surface area contributed by atoms with Gasteiger partial charge in [0.2, 0.25) is 0 Å². The van der Waals surface area contributed by atoms with Crippen molar-refractivity contribution in [1.82, 2.24) is 5.32 Å². The summed E-state index contributed by atoms with van der Waals surface area (Å²) in [7, 11) is 1.70. The van der Waals surface area contributed by atoms with Crippen molar-refractivity contribution in [2.75, 3.05) is 13.7 Å². The second-order valence-corrected chi connectivity index (χ2v) is 4.15. The van der Waals surface area contributed by atoms with E-state index in [0.717, 1.165) is 31.7 Å². The highest BCUT2D eigenvalue weighted by atomic mass is 16.5. The molecule has 1 atom stereocenters. The molecule has 0 aliphatic carbocycles. The first-order valence-electron chi connectivity index (χ1n) is 6.03. The second kappa shape index (κ2) is 6.30. The zero-order valence-corrected chi connectivity index (χ0v) is 10.2. The maximum Gasteiger partial charge on any atom is 0.123 e. The molecule has 0 amide bonds. The Balaban J connectivity index is 1.79. The minimum atomic E-state index is 0.301. The standard InChI is InChI=1S/C14H19NO2/c1-16-14-8-3-2-6-12(14)10-15-11-13-7-4-5-9-17-13/h2-3,5-6,8-9,13,15H,4,7,10-11H2,1H3/t13-/m1/s1. The summed E-state index contributed by atoms with van der Waals surface area (Å²) in [5.41, 5.74) is 1.18. The van der Waals surface area contributed by atoms with Crippen LogP contribution in [0.25, 0.3) is 0 Å². The van der Waals surface area contributed by atoms with E-state index in [1.807, 2.05) is 18.2 Å². The van der Waals surface area contributed by atoms with Crippen LogP contribution in [0.4, 0.5) is 0 Å². The minimum Gasteiger partial charge on any atom is -0.497 e. The van der Waals surface area contributed by atoms with Crippen molar-refractivity contribution in [2.45, 2.75) is 25.5 Å². The predicted octanol–water partition coefficient (Wildman–Crippen LogP) is 2.48. The molecule has 0 saturated heterocycles. The minimum absolute atomic E-state index is 0.301. The summed E-state index contributed by atoms with van der Waals surface area (Å²) < 4.78 is 10.8. The molecule has 1 N–H and O–H groups in total. The van der Waals surface area contributed by atoms with Crippen LogP contribution >= 0.6 is 0 Å². The number of methoxy groups -OCH3 is 1. The van der Waals surface area contributed by atoms with Crippen molar-refractivity contribution in [3.63, 3.8) is 0 Å². The Morgan fingerprint density at radius 1 is 1.41 bits per heavy atom. The van der Waals surface area contributed by atoms with Gasteiger partial charge in [-0.05, 0) is 25.0 Å². The summed E-state index contributed by atoms with van der Waals surface area (Å²) in [5.74, 6) is 0.935. The van der Waals surface area contributed by atoms with Crippen LogP contribution in [0.2, 0.25) is 0 Å². The first kappa shape index (κ1) is 12.0. The van der Waals surface area contributed by atoms with Gasteiger partial charge in [-0.1, -0.05) is 18.2 Å². The fourth-order valence-corrected chi connectivity index (χ4v) is 1.95. The molecule has 0 spiro atoms. The molecule has 3 heteroatoms. The van der Waals surface area contributed by atoms with Crippen molar-refractivity contribution >= 4 is 0 Å². The van der Waals surface area contributed by atoms with Crippen LogP contribution in [0.5, 0.6) is 5.75 Å². The average Bonchev–Trinajstić information content (AvgIpc) is 2.40. The zero-order valence-electron chi connectivity index (χ0n) is 10.2. The number of benzene rings is 1. The predicted molar refractivity (Wildman–Crippen MR) is 67.9 cm³/mol. The fourth-order valence-electron chi connectivity index (χ4n) is 1.95. The third-order valence-electron chi connectivity index (χ3n) is 2.90. The Hall–Kier alpha value is -1.48. The van der Waals surface area contributed by atoms with E-state index in [0.29, 0.717) is 6.10 Å². The average molecular weight is 233 g/mol. The third-order valence-corrected chi connectivity index (χ3v) is 2.90. The molecule has 1 aliphatic heterocycles. The van der Waals surface area contributed by atoms with Crippen LogP contribution in [0.1, 0.15) is 18.4 Å². The van der Waals surface area contributed by atoms with Gasteiger partial charge in [0.1, 0.15) is 11.9 Å². The van der Waals surface area contributed by atoms with Gasteiger partial charge in [0.25, 0.3) is 0 Å². The first-order valence-corrected chi connectivity index (χ1v) is 6.03. The summed E-state index contributed by atoms with van der Waals surface area (Å²) in [5, 5.41) is 3.41. The molecule has 92 valence electrons. The maximum atomic E-state index is 5.50. The summed E-state index contributed by atoms with van der Waals surface area (Å²) in [6.45, 7) is 1.69. The monoisotopic (exact) mass is 233 g/mol. The van der Waals surface area contributed by atoms with E-state index in [1.54, 1.807) is 13.4 Å². The molecular weight excluding hydrogens is 214 g/mol. The molecule has 2 rings (SSSR count). The van der Waals surface area contributed by atoms with Crippen molar-refractivity contribution in [2.24, 2.45) is 0 Å². The van der Waals surface area contributed by atoms with Crippen LogP contribution in [-0.4, -0.2) is 19.8 Å². The lowest BCUT2D eigenvalue weighted by molar-refractivity contribution is 0.122. The van der Waals surface area contributed by atoms with Gasteiger partial charge in [0.15, 0.2) is 0 Å². The summed E-state index contributed by atoms with van der Waals surface area (Å²) >= 11 is 0. The lowest BCUT2D eigenvalue weighted by Gasteiger charge is -2.20. The van der Waals surface area contributed by atoms with Crippen LogP contribution < -0.4 is 10.1 Å². The first-order chi connectivity index (χ1) is 8.40. The molecule has 0 fully saturated rings. The van der Waals surface area contributed by atoms with Gasteiger partial charge in [-0.15, -0.1) is 0 Å². The SMILES string of the molecule is COc1ccccc1CNC[C@H]1CCC=CO1. The molecule has 0 aromatic heterocycles. The molecule has 0 unspecified atom stereocenters. The van der Waals surface area contributed by atoms with Crippen molar-refractivity contribution in [3.8, 4) is 5.75 Å². The van der Waals surface area contributed by atoms with Crippen LogP contribution in [-0.2, 0) is 11.3 Å². The lowest BCUT2D eigenvalue weighted by Crippen LogP contribution is -2.28. The molecule has 0 saturated carbocycles. The molecule has 1 aromatic rings. The normalized spacial score (nSPS) is 18.8. The number of para-hydroxylation sites is 1. The van der Waals surface area contributed by atoms with E-state index in [1.165, 1.54) is 5.56 Å². The van der Waals surface area contributed by atoms with Gasteiger partial charge in [-0.2, -0.15) is 0 Å². The zero-order chi connectivity index (χ0) is 11.9. The van der Waals surface area contributed by atoms with Crippen molar-refractivity contribution in [3.05, 3.63) is 42.2 Å². The van der Waals surface area contributed by atoms with Gasteiger partial charge in [-0.3, -0.25) is 0 Å². The van der Waals surface area contributed by atoms with Crippen LogP contribution in [0.3, 0.4) is 0 Å². The highest BCUT2D eigenvalue weighted by molar-refractivity contribution is 5.32. The maximum absolute atomic E-state index is 5.50. The largest absolute Gasteiger partial charge is 0.497 e. The Morgan fingerprint density at radius 3 is 3.06 bits per heavy atom. The summed E-state index contributed by atoms with van der Waals surface area (Å²) in [4.78, 5) is 0. The molecule has 17 heavy (non-hydrogen) atoms. The number of allylic oxidation sites excluding steroid dienone is 1. The Kier molecular flexibility index (Phi) is 4.45. The van der Waals surface area contributed by atoms with E-state index in [-0.39, 0.29) is 0 Å². The molecule has 0 radical (unpaired) electrons. The van der Waals surface area contributed by atoms with Gasteiger partial charge in [-0.25, -0.2) is 0 Å². The summed E-state index contributed by atoms with van der Waals surface area (Å²) in [6.07, 6.45) is 6.38. The molecule has 0 bridgehead atoms. The molecular formula is C14H19NO2. The summed E-state index contributed by atoms with van der Waals surface area (Å²) in [6, 6.07) is 8.07. The highest BCUT2D eigenvalue weighted by Gasteiger charge is 2.10. The Bertz CT molecular complexity index is 376. The van der Waals surface area contributed by atoms with Crippen LogP contribution in [0.15, 0.2) is 36.6 Å². The van der Waals surface area contributed by atoms with E-state index in [4.69, 9.17) is 9.47 Å². The van der Waals surface area contributed by atoms with Crippen LogP contribution in [0, 0.1) is 0 Å². The van der Waals surface area contributed by atoms with Gasteiger partial charge >= 0.3 is 0 Å². The topological polar surface area (TPSA) is 30.5 Å². The van der Waals surface area contributed by atoms with E-state index in [2.05, 4.69) is 17.5 Å². The third kappa shape index (κ3) is 3.49. The Morgan fingerprint density at radius 2 is 2.29 bits per heavy atom. The van der Waals surface area contributed by atoms with E-state index < -0.39 is 0 Å². The van der Waals surface area contributed by atoms with Crippen molar-refractivity contribution in [1.29, 1.82) is 0 Å². The molecule has 3 nitrogen and oxygen atoms in total. The molecule has 1 aromatic carbocycles. The van der Waals surface area contributed by atoms with Crippen molar-refractivity contribution < 1.29 is 9.47 Å². The molecule has 1 aliphatic rings. The number of rotatable bonds is 5. The van der Waals surface area contributed by atoms with E-state index in [9.17, 15) is 0 Å². The fraction of sp³-hybridized carbons (Fsp3) is 0.429. The quantitative estimate of drug-likeness (QED) is 0.847. The second-order valence-electron chi connectivity index (χ2n) is 4.15. The van der Waals surface area contributed by atoms with Gasteiger partial charge in [0.05, 0.1) is 13.4 Å². The number of hydrogen-bond donors (Lipinski definition) is 1. The molecule has 1 heterocycles. The Labute approximate surface area is 102 Å². The highest BCUT2D eigenvalue weighted by Crippen LogP contribution is 2.17. The number of hydrogen-bond acceptors (Lipinski definition) is 3. The van der Waals surface area contributed by atoms with Gasteiger partial charge in [0, 0.05) is 18.7 Å². The van der Waals surface area contributed by atoms with E-state index >= 15 is 0 Å².